The molecule has 0 fully saturated rings. The molecule has 20 heavy (non-hydrogen) atoms. The summed E-state index contributed by atoms with van der Waals surface area (Å²) < 4.78 is 26.2. The molecule has 2 rings (SSSR count). The Morgan fingerprint density at radius 2 is 2.05 bits per heavy atom. The Kier molecular flexibility index (Phi) is 4.24. The first kappa shape index (κ1) is 13.9. The topological polar surface area (TPSA) is 54.0 Å². The van der Waals surface area contributed by atoms with E-state index in [9.17, 15) is 13.6 Å². The third kappa shape index (κ3) is 3.28. The predicted octanol–water partition coefficient (Wildman–Crippen LogP) is 2.33. The molecule has 6 heteroatoms. The van der Waals surface area contributed by atoms with E-state index in [-0.39, 0.29) is 18.0 Å². The van der Waals surface area contributed by atoms with Crippen molar-refractivity contribution >= 4 is 11.7 Å². The fourth-order valence-corrected chi connectivity index (χ4v) is 1.65. The highest BCUT2D eigenvalue weighted by Crippen LogP contribution is 2.10. The summed E-state index contributed by atoms with van der Waals surface area (Å²) in [4.78, 5) is 15.9. The van der Waals surface area contributed by atoms with Crippen molar-refractivity contribution in [3.05, 3.63) is 59.3 Å². The zero-order chi connectivity index (χ0) is 14.5. The molecule has 1 heterocycles. The van der Waals surface area contributed by atoms with Gasteiger partial charge >= 0.3 is 0 Å². The number of benzene rings is 1. The Labute approximate surface area is 114 Å². The SMILES string of the molecule is CNc1cc(C(=O)NCc2ccc(F)cc2F)ccn1. The van der Waals surface area contributed by atoms with E-state index in [2.05, 4.69) is 15.6 Å². The van der Waals surface area contributed by atoms with E-state index in [1.54, 1.807) is 19.2 Å². The summed E-state index contributed by atoms with van der Waals surface area (Å²) in [6.45, 7) is -0.0117. The summed E-state index contributed by atoms with van der Waals surface area (Å²) in [6.07, 6.45) is 1.50. The van der Waals surface area contributed by atoms with Crippen molar-refractivity contribution in [1.82, 2.24) is 10.3 Å². The number of anilines is 1. The van der Waals surface area contributed by atoms with Crippen molar-refractivity contribution in [2.45, 2.75) is 6.54 Å². The van der Waals surface area contributed by atoms with Gasteiger partial charge in [0, 0.05) is 37.0 Å². The molecule has 0 saturated carbocycles. The molecule has 104 valence electrons. The van der Waals surface area contributed by atoms with Crippen LogP contribution in [-0.4, -0.2) is 17.9 Å². The van der Waals surface area contributed by atoms with E-state index in [0.29, 0.717) is 11.4 Å². The minimum atomic E-state index is -0.684. The fourth-order valence-electron chi connectivity index (χ4n) is 1.65. The van der Waals surface area contributed by atoms with Crippen LogP contribution in [0.5, 0.6) is 0 Å². The van der Waals surface area contributed by atoms with Crippen LogP contribution in [-0.2, 0) is 6.54 Å². The van der Waals surface area contributed by atoms with Crippen LogP contribution in [0, 0.1) is 11.6 Å². The van der Waals surface area contributed by atoms with Gasteiger partial charge in [-0.15, -0.1) is 0 Å². The maximum Gasteiger partial charge on any atom is 0.251 e. The van der Waals surface area contributed by atoms with E-state index in [1.807, 2.05) is 0 Å². The second kappa shape index (κ2) is 6.10. The number of nitrogens with one attached hydrogen (secondary N) is 2. The average molecular weight is 277 g/mol. The van der Waals surface area contributed by atoms with Crippen molar-refractivity contribution in [3.8, 4) is 0 Å². The molecule has 2 aromatic rings. The van der Waals surface area contributed by atoms with Crippen molar-refractivity contribution in [3.63, 3.8) is 0 Å². The van der Waals surface area contributed by atoms with Gasteiger partial charge in [-0.3, -0.25) is 4.79 Å². The van der Waals surface area contributed by atoms with Crippen LogP contribution >= 0.6 is 0 Å². The number of nitrogens with zero attached hydrogens (tertiary/aromatic N) is 1. The Bertz CT molecular complexity index is 632. The molecule has 0 spiro atoms. The van der Waals surface area contributed by atoms with Gasteiger partial charge in [-0.1, -0.05) is 6.07 Å². The van der Waals surface area contributed by atoms with Gasteiger partial charge in [-0.2, -0.15) is 0 Å². The van der Waals surface area contributed by atoms with E-state index >= 15 is 0 Å². The number of halogens is 2. The summed E-state index contributed by atoms with van der Waals surface area (Å²) in [5.74, 6) is -1.13. The second-order valence-corrected chi connectivity index (χ2v) is 4.10. The second-order valence-electron chi connectivity index (χ2n) is 4.10. The number of hydrogen-bond acceptors (Lipinski definition) is 3. The zero-order valence-electron chi connectivity index (χ0n) is 10.8. The van der Waals surface area contributed by atoms with Crippen molar-refractivity contribution in [2.24, 2.45) is 0 Å². The molecule has 0 aliphatic rings. The first-order chi connectivity index (χ1) is 9.60. The van der Waals surface area contributed by atoms with E-state index in [1.165, 1.54) is 12.3 Å². The number of pyridine rings is 1. The number of carbonyl (C=O) groups excluding carboxylic acids is 1. The molecule has 0 atom stereocenters. The number of amides is 1. The van der Waals surface area contributed by atoms with Crippen LogP contribution in [0.25, 0.3) is 0 Å². The highest BCUT2D eigenvalue weighted by molar-refractivity contribution is 5.94. The third-order valence-corrected chi connectivity index (χ3v) is 2.73. The summed E-state index contributed by atoms with van der Waals surface area (Å²) in [5, 5.41) is 5.39. The summed E-state index contributed by atoms with van der Waals surface area (Å²) in [7, 11) is 1.69. The molecule has 0 saturated heterocycles. The van der Waals surface area contributed by atoms with Gasteiger partial charge in [0.2, 0.25) is 0 Å². The summed E-state index contributed by atoms with van der Waals surface area (Å²) >= 11 is 0. The van der Waals surface area contributed by atoms with Crippen molar-refractivity contribution in [2.75, 3.05) is 12.4 Å². The van der Waals surface area contributed by atoms with Crippen LogP contribution in [0.2, 0.25) is 0 Å². The highest BCUT2D eigenvalue weighted by Gasteiger charge is 2.08. The fraction of sp³-hybridized carbons (Fsp3) is 0.143. The monoisotopic (exact) mass is 277 g/mol. The Hall–Kier alpha value is -2.50. The molecule has 0 aliphatic heterocycles. The van der Waals surface area contributed by atoms with Gasteiger partial charge in [-0.25, -0.2) is 13.8 Å². The van der Waals surface area contributed by atoms with Gasteiger partial charge in [0.15, 0.2) is 0 Å². The van der Waals surface area contributed by atoms with E-state index in [0.717, 1.165) is 12.1 Å². The van der Waals surface area contributed by atoms with Gasteiger partial charge in [-0.05, 0) is 18.2 Å². The smallest absolute Gasteiger partial charge is 0.251 e. The van der Waals surface area contributed by atoms with Crippen LogP contribution in [0.3, 0.4) is 0 Å². The first-order valence-corrected chi connectivity index (χ1v) is 5.96. The Morgan fingerprint density at radius 1 is 1.25 bits per heavy atom. The molecule has 0 radical (unpaired) electrons. The van der Waals surface area contributed by atoms with Crippen LogP contribution in [0.4, 0.5) is 14.6 Å². The molecule has 4 nitrogen and oxygen atoms in total. The molecular weight excluding hydrogens is 264 g/mol. The predicted molar refractivity (Wildman–Crippen MR) is 71.3 cm³/mol. The lowest BCUT2D eigenvalue weighted by Crippen LogP contribution is -2.23. The van der Waals surface area contributed by atoms with Crippen LogP contribution in [0.15, 0.2) is 36.5 Å². The Balaban J connectivity index is 2.04. The molecule has 0 unspecified atom stereocenters. The zero-order valence-corrected chi connectivity index (χ0v) is 10.8. The largest absolute Gasteiger partial charge is 0.373 e. The molecule has 1 amide bonds. The van der Waals surface area contributed by atoms with Crippen molar-refractivity contribution < 1.29 is 13.6 Å². The lowest BCUT2D eigenvalue weighted by atomic mass is 10.2. The van der Waals surface area contributed by atoms with E-state index in [4.69, 9.17) is 0 Å². The number of hydrogen-bond donors (Lipinski definition) is 2. The molecular formula is C14H13F2N3O. The lowest BCUT2D eigenvalue weighted by molar-refractivity contribution is 0.0950. The maximum atomic E-state index is 13.4. The third-order valence-electron chi connectivity index (χ3n) is 2.73. The minimum Gasteiger partial charge on any atom is -0.373 e. The summed E-state index contributed by atoms with van der Waals surface area (Å²) in [6, 6.07) is 6.37. The van der Waals surface area contributed by atoms with E-state index < -0.39 is 11.6 Å². The minimum absolute atomic E-state index is 0.0117. The standard InChI is InChI=1S/C14H13F2N3O/c1-17-13-6-9(4-5-18-13)14(20)19-8-10-2-3-11(15)7-12(10)16/h2-7H,8H2,1H3,(H,17,18)(H,19,20). The molecule has 0 bridgehead atoms. The average Bonchev–Trinajstić information content (AvgIpc) is 2.46. The van der Waals surface area contributed by atoms with Gasteiger partial charge in [0.1, 0.15) is 17.5 Å². The molecule has 1 aromatic heterocycles. The lowest BCUT2D eigenvalue weighted by Gasteiger charge is -2.07. The molecule has 2 N–H and O–H groups in total. The first-order valence-electron chi connectivity index (χ1n) is 5.96. The maximum absolute atomic E-state index is 13.4. The Morgan fingerprint density at radius 3 is 2.75 bits per heavy atom. The molecule has 0 aliphatic carbocycles. The normalized spacial score (nSPS) is 10.2. The van der Waals surface area contributed by atoms with Gasteiger partial charge < -0.3 is 10.6 Å². The number of aromatic nitrogens is 1. The van der Waals surface area contributed by atoms with Crippen molar-refractivity contribution in [1.29, 1.82) is 0 Å². The number of carbonyl (C=O) groups is 1. The molecule has 1 aromatic carbocycles. The summed E-state index contributed by atoms with van der Waals surface area (Å²) in [5.41, 5.74) is 0.634. The number of rotatable bonds is 4. The van der Waals surface area contributed by atoms with Crippen LogP contribution in [0.1, 0.15) is 15.9 Å². The highest BCUT2D eigenvalue weighted by atomic mass is 19.1. The quantitative estimate of drug-likeness (QED) is 0.902. The van der Waals surface area contributed by atoms with Crippen LogP contribution < -0.4 is 10.6 Å². The van der Waals surface area contributed by atoms with Gasteiger partial charge in [0.25, 0.3) is 5.91 Å². The van der Waals surface area contributed by atoms with Gasteiger partial charge in [0.05, 0.1) is 0 Å².